The molecule has 2 unspecified atom stereocenters. The number of thiophene rings is 1. The number of nitrogens with zero attached hydrogens (tertiary/aromatic N) is 2. The lowest BCUT2D eigenvalue weighted by molar-refractivity contribution is -0.764. The molecule has 3 heterocycles. The lowest BCUT2D eigenvalue weighted by Crippen LogP contribution is -2.67. The number of fused-ring (bicyclic) bond motifs is 6. The Kier molecular flexibility index (Phi) is 8.59. The van der Waals surface area contributed by atoms with Crippen molar-refractivity contribution in [3.63, 3.8) is 0 Å². The molecule has 3 aromatic carbocycles. The standard InChI is InChI=1S/C45H57N2S/c1-6-9-18-31-25-26-38-36(29-31)41-39(48-38)30-35(32-19-12-10-13-20-32)42(40(41)33-21-14-11-15-22-33)46-27-28-47-43(46)34-23-16-17-24-37(34)44(4,7-2)45(47,5)8-3/h16-17,23-30,32-33H,6-15,18-22H2,1-5H3/q+1. The fourth-order valence-electron chi connectivity index (χ4n) is 10.4. The molecule has 2 fully saturated rings. The number of unbranched alkanes of at least 4 members (excludes halogenated alkanes) is 1. The minimum Gasteiger partial charge on any atom is -0.224 e. The van der Waals surface area contributed by atoms with E-state index in [0.717, 1.165) is 12.8 Å². The monoisotopic (exact) mass is 657 g/mol. The quantitative estimate of drug-likeness (QED) is 0.147. The zero-order valence-electron chi connectivity index (χ0n) is 30.3. The van der Waals surface area contributed by atoms with Gasteiger partial charge in [-0.3, -0.25) is 0 Å². The highest BCUT2D eigenvalue weighted by Gasteiger charge is 2.55. The van der Waals surface area contributed by atoms with Crippen LogP contribution in [0.5, 0.6) is 0 Å². The van der Waals surface area contributed by atoms with E-state index in [0.29, 0.717) is 11.8 Å². The molecule has 5 aromatic rings. The molecule has 2 aliphatic carbocycles. The smallest absolute Gasteiger partial charge is 0.224 e. The van der Waals surface area contributed by atoms with Crippen molar-refractivity contribution in [1.29, 1.82) is 0 Å². The first-order valence-corrected chi connectivity index (χ1v) is 20.5. The van der Waals surface area contributed by atoms with Crippen LogP contribution in [-0.2, 0) is 17.4 Å². The Bertz CT molecular complexity index is 1950. The molecule has 2 atom stereocenters. The number of hydrogen-bond donors (Lipinski definition) is 0. The number of rotatable bonds is 8. The molecule has 0 radical (unpaired) electrons. The van der Waals surface area contributed by atoms with Gasteiger partial charge in [0.2, 0.25) is 0 Å². The molecule has 2 saturated carbocycles. The van der Waals surface area contributed by atoms with Crippen molar-refractivity contribution in [1.82, 2.24) is 4.57 Å². The van der Waals surface area contributed by atoms with E-state index in [4.69, 9.17) is 0 Å². The summed E-state index contributed by atoms with van der Waals surface area (Å²) in [6.07, 6.45) is 24.4. The van der Waals surface area contributed by atoms with Gasteiger partial charge in [0.1, 0.15) is 23.6 Å². The van der Waals surface area contributed by atoms with Gasteiger partial charge in [-0.15, -0.1) is 11.3 Å². The lowest BCUT2D eigenvalue weighted by Gasteiger charge is -2.47. The molecule has 3 aliphatic rings. The number of hydrogen-bond acceptors (Lipinski definition) is 1. The van der Waals surface area contributed by atoms with Crippen LogP contribution in [-0.4, -0.2) is 4.57 Å². The molecular weight excluding hydrogens is 601 g/mol. The minimum absolute atomic E-state index is 0.0138. The van der Waals surface area contributed by atoms with Gasteiger partial charge < -0.3 is 0 Å². The molecular formula is C45H57N2S+. The van der Waals surface area contributed by atoms with Crippen molar-refractivity contribution < 1.29 is 4.57 Å². The highest BCUT2D eigenvalue weighted by molar-refractivity contribution is 7.25. The molecule has 0 N–H and O–H groups in total. The van der Waals surface area contributed by atoms with Crippen molar-refractivity contribution in [3.8, 4) is 17.1 Å². The molecule has 0 saturated heterocycles. The summed E-state index contributed by atoms with van der Waals surface area (Å²) in [6.45, 7) is 12.2. The topological polar surface area (TPSA) is 8.81 Å². The van der Waals surface area contributed by atoms with Crippen molar-refractivity contribution in [3.05, 3.63) is 83.2 Å². The van der Waals surface area contributed by atoms with E-state index in [9.17, 15) is 0 Å². The molecule has 3 heteroatoms. The van der Waals surface area contributed by atoms with Gasteiger partial charge in [-0.1, -0.05) is 96.9 Å². The van der Waals surface area contributed by atoms with Crippen LogP contribution in [0.3, 0.4) is 0 Å². The van der Waals surface area contributed by atoms with Crippen molar-refractivity contribution >= 4 is 31.5 Å². The second kappa shape index (κ2) is 12.8. The maximum Gasteiger partial charge on any atom is 0.294 e. The van der Waals surface area contributed by atoms with Crippen LogP contribution in [0.2, 0.25) is 0 Å². The zero-order chi connectivity index (χ0) is 33.0. The van der Waals surface area contributed by atoms with Gasteiger partial charge in [0.15, 0.2) is 0 Å². The molecule has 0 spiro atoms. The van der Waals surface area contributed by atoms with E-state index in [-0.39, 0.29) is 11.0 Å². The highest BCUT2D eigenvalue weighted by Crippen LogP contribution is 2.53. The third-order valence-electron chi connectivity index (χ3n) is 13.7. The van der Waals surface area contributed by atoms with Crippen LogP contribution < -0.4 is 4.57 Å². The van der Waals surface area contributed by atoms with Crippen LogP contribution in [0.4, 0.5) is 0 Å². The summed E-state index contributed by atoms with van der Waals surface area (Å²) < 4.78 is 8.46. The molecule has 1 aliphatic heterocycles. The normalized spacial score (nSPS) is 23.5. The Morgan fingerprint density at radius 1 is 0.812 bits per heavy atom. The Labute approximate surface area is 293 Å². The summed E-state index contributed by atoms with van der Waals surface area (Å²) in [5.74, 6) is 2.64. The minimum atomic E-state index is -0.0138. The zero-order valence-corrected chi connectivity index (χ0v) is 31.2. The Balaban J connectivity index is 1.49. The maximum absolute atomic E-state index is 2.74. The van der Waals surface area contributed by atoms with Crippen LogP contribution in [0.1, 0.15) is 159 Å². The van der Waals surface area contributed by atoms with Crippen molar-refractivity contribution in [2.45, 2.75) is 154 Å². The van der Waals surface area contributed by atoms with Gasteiger partial charge in [-0.2, -0.15) is 4.57 Å². The third-order valence-corrected chi connectivity index (χ3v) is 14.8. The second-order valence-corrected chi connectivity index (χ2v) is 17.1. The van der Waals surface area contributed by atoms with Crippen LogP contribution in [0, 0.1) is 0 Å². The van der Waals surface area contributed by atoms with Gasteiger partial charge >= 0.3 is 0 Å². The van der Waals surface area contributed by atoms with E-state index < -0.39 is 0 Å². The summed E-state index contributed by atoms with van der Waals surface area (Å²) in [6, 6.07) is 19.6. The molecule has 8 rings (SSSR count). The Morgan fingerprint density at radius 2 is 1.54 bits per heavy atom. The van der Waals surface area contributed by atoms with E-state index in [1.807, 2.05) is 0 Å². The number of aromatic nitrogens is 2. The second-order valence-electron chi connectivity index (χ2n) is 16.0. The summed E-state index contributed by atoms with van der Waals surface area (Å²) >= 11 is 2.07. The molecule has 2 nitrogen and oxygen atoms in total. The summed E-state index contributed by atoms with van der Waals surface area (Å²) in [5.41, 5.74) is 9.39. The van der Waals surface area contributed by atoms with Gasteiger partial charge in [0.05, 0.1) is 5.56 Å². The maximum atomic E-state index is 2.74. The fourth-order valence-corrected chi connectivity index (χ4v) is 11.6. The van der Waals surface area contributed by atoms with Crippen LogP contribution in [0.15, 0.2) is 60.9 Å². The average molecular weight is 658 g/mol. The average Bonchev–Trinajstić information content (AvgIpc) is 3.75. The van der Waals surface area contributed by atoms with E-state index >= 15 is 0 Å². The fraction of sp³-hybridized carbons (Fsp3) is 0.533. The highest BCUT2D eigenvalue weighted by atomic mass is 32.1. The SMILES string of the molecule is CCCCc1ccc2sc3cc(C4CCCCC4)c(-n4cc[n+]5c4-c4ccccc4C(C)(CC)C5(C)CC)c(C4CCCCC4)c3c2c1. The molecule has 0 bridgehead atoms. The molecule has 0 amide bonds. The van der Waals surface area contributed by atoms with Gasteiger partial charge in [-0.25, -0.2) is 4.57 Å². The third kappa shape index (κ3) is 4.88. The summed E-state index contributed by atoms with van der Waals surface area (Å²) in [4.78, 5) is 0. The Hall–Kier alpha value is -2.91. The molecule has 2 aromatic heterocycles. The number of imidazole rings is 1. The number of aryl methyl sites for hydroxylation is 1. The van der Waals surface area contributed by atoms with Crippen LogP contribution >= 0.6 is 11.3 Å². The van der Waals surface area contributed by atoms with E-state index in [1.54, 1.807) is 22.2 Å². The Morgan fingerprint density at radius 3 is 2.25 bits per heavy atom. The van der Waals surface area contributed by atoms with Gasteiger partial charge in [0, 0.05) is 36.7 Å². The largest absolute Gasteiger partial charge is 0.294 e. The van der Waals surface area contributed by atoms with E-state index in [1.165, 1.54) is 121 Å². The summed E-state index contributed by atoms with van der Waals surface area (Å²) in [7, 11) is 0. The first kappa shape index (κ1) is 32.3. The van der Waals surface area contributed by atoms with E-state index in [2.05, 4.69) is 116 Å². The van der Waals surface area contributed by atoms with Gasteiger partial charge in [0.25, 0.3) is 5.82 Å². The first-order valence-electron chi connectivity index (χ1n) is 19.7. The van der Waals surface area contributed by atoms with Crippen molar-refractivity contribution in [2.24, 2.45) is 0 Å². The van der Waals surface area contributed by atoms with Crippen LogP contribution in [0.25, 0.3) is 37.2 Å². The summed E-state index contributed by atoms with van der Waals surface area (Å²) in [5, 5.41) is 3.11. The molecule has 252 valence electrons. The predicted octanol–water partition coefficient (Wildman–Crippen LogP) is 13.0. The predicted molar refractivity (Wildman–Crippen MR) is 206 cm³/mol. The lowest BCUT2D eigenvalue weighted by atomic mass is 9.61. The first-order chi connectivity index (χ1) is 23.4. The van der Waals surface area contributed by atoms with Gasteiger partial charge in [-0.05, 0) is 106 Å². The number of benzene rings is 3. The molecule has 48 heavy (non-hydrogen) atoms. The van der Waals surface area contributed by atoms with Crippen molar-refractivity contribution in [2.75, 3.05) is 0 Å².